The molecule has 3 saturated heterocycles. The number of rotatable bonds is 3. The molecule has 1 aromatic carbocycles. The lowest BCUT2D eigenvalue weighted by Gasteiger charge is -2.26. The van der Waals surface area contributed by atoms with Gasteiger partial charge < -0.3 is 10.2 Å². The Bertz CT molecular complexity index is 747. The zero-order valence-corrected chi connectivity index (χ0v) is 15.2. The number of sulfonamides is 1. The smallest absolute Gasteiger partial charge is 0.253 e. The minimum absolute atomic E-state index is 0.0508. The van der Waals surface area contributed by atoms with Gasteiger partial charge in [-0.3, -0.25) is 4.79 Å². The van der Waals surface area contributed by atoms with Crippen molar-refractivity contribution in [1.82, 2.24) is 14.5 Å². The number of carbonyl (C=O) groups excluding carboxylic acids is 1. The molecule has 0 spiro atoms. The number of benzene rings is 1. The number of piperidine rings is 1. The van der Waals surface area contributed by atoms with Crippen LogP contribution in [-0.4, -0.2) is 62.8 Å². The molecule has 0 radical (unpaired) electrons. The van der Waals surface area contributed by atoms with Crippen LogP contribution in [0.5, 0.6) is 0 Å². The third-order valence-corrected chi connectivity index (χ3v) is 7.61. The molecule has 4 rings (SSSR count). The highest BCUT2D eigenvalue weighted by Gasteiger charge is 2.38. The molecule has 3 fully saturated rings. The maximum atomic E-state index is 12.8. The van der Waals surface area contributed by atoms with Crippen LogP contribution in [0.3, 0.4) is 0 Å². The van der Waals surface area contributed by atoms with Crippen LogP contribution in [0.4, 0.5) is 0 Å². The second kappa shape index (κ2) is 6.70. The van der Waals surface area contributed by atoms with Crippen LogP contribution in [0.15, 0.2) is 29.2 Å². The molecule has 0 saturated carbocycles. The fourth-order valence-corrected chi connectivity index (χ4v) is 5.81. The predicted molar refractivity (Wildman–Crippen MR) is 94.8 cm³/mol. The summed E-state index contributed by atoms with van der Waals surface area (Å²) in [5.41, 5.74) is 0.478. The number of nitrogens with zero attached hydrogens (tertiary/aromatic N) is 2. The van der Waals surface area contributed by atoms with E-state index in [9.17, 15) is 13.2 Å². The molecule has 0 unspecified atom stereocenters. The van der Waals surface area contributed by atoms with Gasteiger partial charge in [-0.15, -0.1) is 0 Å². The number of fused-ring (bicyclic) bond motifs is 1. The van der Waals surface area contributed by atoms with Crippen molar-refractivity contribution in [3.8, 4) is 0 Å². The summed E-state index contributed by atoms with van der Waals surface area (Å²) in [5, 5.41) is 3.37. The van der Waals surface area contributed by atoms with Crippen molar-refractivity contribution < 1.29 is 13.2 Å². The van der Waals surface area contributed by atoms with E-state index in [0.717, 1.165) is 45.4 Å². The highest BCUT2D eigenvalue weighted by molar-refractivity contribution is 7.89. The number of amides is 1. The van der Waals surface area contributed by atoms with E-state index >= 15 is 0 Å². The van der Waals surface area contributed by atoms with Gasteiger partial charge in [0.1, 0.15) is 0 Å². The molecule has 0 bridgehead atoms. The lowest BCUT2D eigenvalue weighted by Crippen LogP contribution is -2.36. The van der Waals surface area contributed by atoms with Crippen molar-refractivity contribution in [3.05, 3.63) is 29.8 Å². The van der Waals surface area contributed by atoms with E-state index < -0.39 is 10.0 Å². The molecule has 3 aliphatic rings. The molecule has 25 heavy (non-hydrogen) atoms. The van der Waals surface area contributed by atoms with Gasteiger partial charge in [0.2, 0.25) is 10.0 Å². The van der Waals surface area contributed by atoms with Crippen LogP contribution in [-0.2, 0) is 10.0 Å². The second-order valence-electron chi connectivity index (χ2n) is 7.38. The van der Waals surface area contributed by atoms with E-state index in [1.807, 2.05) is 4.90 Å². The first kappa shape index (κ1) is 17.0. The van der Waals surface area contributed by atoms with Crippen molar-refractivity contribution in [3.63, 3.8) is 0 Å². The van der Waals surface area contributed by atoms with Crippen LogP contribution >= 0.6 is 0 Å². The van der Waals surface area contributed by atoms with Crippen molar-refractivity contribution in [1.29, 1.82) is 0 Å². The third-order valence-electron chi connectivity index (χ3n) is 5.71. The normalized spacial score (nSPS) is 27.4. The average Bonchev–Trinajstić information content (AvgIpc) is 3.24. The Labute approximate surface area is 149 Å². The largest absolute Gasteiger partial charge is 0.338 e. The van der Waals surface area contributed by atoms with Gasteiger partial charge in [0.05, 0.1) is 4.90 Å². The summed E-state index contributed by atoms with van der Waals surface area (Å²) in [6.07, 6.45) is 2.89. The lowest BCUT2D eigenvalue weighted by atomic mass is 10.0. The highest BCUT2D eigenvalue weighted by Crippen LogP contribution is 2.28. The lowest BCUT2D eigenvalue weighted by molar-refractivity contribution is 0.0781. The Morgan fingerprint density at radius 1 is 1.04 bits per heavy atom. The number of hydrogen-bond donors (Lipinski definition) is 1. The van der Waals surface area contributed by atoms with E-state index in [4.69, 9.17) is 0 Å². The molecule has 0 aliphatic carbocycles. The molecular weight excluding hydrogens is 338 g/mol. The van der Waals surface area contributed by atoms with Gasteiger partial charge in [-0.2, -0.15) is 4.31 Å². The SMILES string of the molecule is O=C(c1cccc(S(=O)(=O)N2CCCCC2)c1)N1C[C@H]2CNC[C@H]2C1. The number of nitrogens with one attached hydrogen (secondary N) is 1. The van der Waals surface area contributed by atoms with Crippen molar-refractivity contribution in [2.45, 2.75) is 24.2 Å². The second-order valence-corrected chi connectivity index (χ2v) is 9.32. The average molecular weight is 363 g/mol. The first-order valence-corrected chi connectivity index (χ1v) is 10.6. The Balaban J connectivity index is 1.54. The van der Waals surface area contributed by atoms with E-state index in [1.54, 1.807) is 28.6 Å². The molecule has 7 heteroatoms. The molecule has 6 nitrogen and oxygen atoms in total. The van der Waals surface area contributed by atoms with Gasteiger partial charge in [-0.25, -0.2) is 8.42 Å². The Morgan fingerprint density at radius 2 is 1.72 bits per heavy atom. The summed E-state index contributed by atoms with van der Waals surface area (Å²) < 4.78 is 27.2. The maximum absolute atomic E-state index is 12.8. The van der Waals surface area contributed by atoms with Gasteiger partial charge in [0.25, 0.3) is 5.91 Å². The van der Waals surface area contributed by atoms with E-state index in [2.05, 4.69) is 5.32 Å². The third kappa shape index (κ3) is 3.20. The first-order chi connectivity index (χ1) is 12.1. The minimum Gasteiger partial charge on any atom is -0.338 e. The van der Waals surface area contributed by atoms with Gasteiger partial charge in [-0.05, 0) is 42.9 Å². The van der Waals surface area contributed by atoms with Gasteiger partial charge in [0.15, 0.2) is 0 Å². The zero-order valence-electron chi connectivity index (χ0n) is 14.4. The fourth-order valence-electron chi connectivity index (χ4n) is 4.25. The highest BCUT2D eigenvalue weighted by atomic mass is 32.2. The van der Waals surface area contributed by atoms with Crippen molar-refractivity contribution in [2.75, 3.05) is 39.3 Å². The minimum atomic E-state index is -3.50. The van der Waals surface area contributed by atoms with Crippen LogP contribution in [0.1, 0.15) is 29.6 Å². The summed E-state index contributed by atoms with van der Waals surface area (Å²) in [6.45, 7) is 4.61. The van der Waals surface area contributed by atoms with E-state index in [-0.39, 0.29) is 10.8 Å². The number of hydrogen-bond acceptors (Lipinski definition) is 4. The molecule has 3 aliphatic heterocycles. The fraction of sp³-hybridized carbons (Fsp3) is 0.611. The molecule has 1 aromatic rings. The van der Waals surface area contributed by atoms with E-state index in [1.165, 1.54) is 0 Å². The Morgan fingerprint density at radius 3 is 2.40 bits per heavy atom. The summed E-state index contributed by atoms with van der Waals surface area (Å²) in [7, 11) is -3.50. The molecule has 136 valence electrons. The molecule has 2 atom stereocenters. The standard InChI is InChI=1S/C18H25N3O3S/c22-18(20-12-15-10-19-11-16(15)13-20)14-5-4-6-17(9-14)25(23,24)21-7-2-1-3-8-21/h4-6,9,15-16,19H,1-3,7-8,10-13H2/t15-,16+. The monoisotopic (exact) mass is 363 g/mol. The zero-order chi connectivity index (χ0) is 17.4. The molecule has 1 amide bonds. The summed E-state index contributed by atoms with van der Waals surface area (Å²) in [5.74, 6) is 1.01. The van der Waals surface area contributed by atoms with Gasteiger partial charge >= 0.3 is 0 Å². The van der Waals surface area contributed by atoms with E-state index in [0.29, 0.717) is 30.5 Å². The van der Waals surface area contributed by atoms with Crippen molar-refractivity contribution in [2.24, 2.45) is 11.8 Å². The predicted octanol–water partition coefficient (Wildman–Crippen LogP) is 1.15. The Kier molecular flexibility index (Phi) is 4.56. The molecule has 1 N–H and O–H groups in total. The molecular formula is C18H25N3O3S. The maximum Gasteiger partial charge on any atom is 0.253 e. The van der Waals surface area contributed by atoms with Gasteiger partial charge in [0, 0.05) is 44.8 Å². The van der Waals surface area contributed by atoms with Crippen LogP contribution in [0, 0.1) is 11.8 Å². The molecule has 3 heterocycles. The number of likely N-dealkylation sites (tertiary alicyclic amines) is 1. The van der Waals surface area contributed by atoms with Gasteiger partial charge in [-0.1, -0.05) is 12.5 Å². The summed E-state index contributed by atoms with van der Waals surface area (Å²) in [6, 6.07) is 6.56. The van der Waals surface area contributed by atoms with Crippen molar-refractivity contribution >= 4 is 15.9 Å². The van der Waals surface area contributed by atoms with Crippen LogP contribution in [0.2, 0.25) is 0 Å². The Hall–Kier alpha value is -1.44. The summed E-state index contributed by atoms with van der Waals surface area (Å²) in [4.78, 5) is 14.9. The quantitative estimate of drug-likeness (QED) is 0.875. The molecule has 0 aromatic heterocycles. The first-order valence-electron chi connectivity index (χ1n) is 9.16. The van der Waals surface area contributed by atoms with Crippen LogP contribution < -0.4 is 5.32 Å². The number of carbonyl (C=O) groups is 1. The van der Waals surface area contributed by atoms with Crippen LogP contribution in [0.25, 0.3) is 0 Å². The summed E-state index contributed by atoms with van der Waals surface area (Å²) >= 11 is 0. The topological polar surface area (TPSA) is 69.7 Å².